The molecule has 0 aliphatic carbocycles. The van der Waals surface area contributed by atoms with E-state index in [1.807, 2.05) is 30.5 Å². The molecular formula is C12H14BrN3OS. The summed E-state index contributed by atoms with van der Waals surface area (Å²) in [6, 6.07) is 7.56. The molecule has 6 heteroatoms. The number of hydrogen-bond acceptors (Lipinski definition) is 5. The average molecular weight is 328 g/mol. The summed E-state index contributed by atoms with van der Waals surface area (Å²) in [5.74, 6) is 2.04. The molecule has 0 aliphatic rings. The van der Waals surface area contributed by atoms with Gasteiger partial charge in [0.25, 0.3) is 0 Å². The minimum Gasteiger partial charge on any atom is -0.337 e. The first-order valence-corrected chi connectivity index (χ1v) is 7.74. The highest BCUT2D eigenvalue weighted by atomic mass is 79.9. The van der Waals surface area contributed by atoms with Gasteiger partial charge in [0, 0.05) is 10.0 Å². The first-order valence-electron chi connectivity index (χ1n) is 5.55. The lowest BCUT2D eigenvalue weighted by atomic mass is 10.2. The molecule has 0 fully saturated rings. The fourth-order valence-corrected chi connectivity index (χ4v) is 2.46. The van der Waals surface area contributed by atoms with Crippen LogP contribution in [-0.4, -0.2) is 22.1 Å². The molecule has 4 nitrogen and oxygen atoms in total. The van der Waals surface area contributed by atoms with Gasteiger partial charge >= 0.3 is 0 Å². The number of nitrogens with two attached hydrogens (primary N) is 1. The Labute approximate surface area is 118 Å². The van der Waals surface area contributed by atoms with Gasteiger partial charge in [-0.25, -0.2) is 0 Å². The van der Waals surface area contributed by atoms with E-state index in [-0.39, 0.29) is 6.04 Å². The number of halogens is 1. The van der Waals surface area contributed by atoms with Crippen molar-refractivity contribution in [3.8, 4) is 11.4 Å². The monoisotopic (exact) mass is 327 g/mol. The Kier molecular flexibility index (Phi) is 4.79. The zero-order valence-electron chi connectivity index (χ0n) is 9.97. The summed E-state index contributed by atoms with van der Waals surface area (Å²) in [6.07, 6.45) is 2.88. The van der Waals surface area contributed by atoms with Crippen molar-refractivity contribution in [3.05, 3.63) is 34.6 Å². The molecule has 0 saturated heterocycles. The van der Waals surface area contributed by atoms with Crippen LogP contribution in [0.1, 0.15) is 18.4 Å². The van der Waals surface area contributed by atoms with Crippen LogP contribution in [0, 0.1) is 0 Å². The topological polar surface area (TPSA) is 64.9 Å². The lowest BCUT2D eigenvalue weighted by Gasteiger charge is -2.03. The van der Waals surface area contributed by atoms with Crippen LogP contribution in [0.2, 0.25) is 0 Å². The molecule has 0 saturated carbocycles. The molecule has 1 aromatic heterocycles. The normalized spacial score (nSPS) is 12.6. The average Bonchev–Trinajstić information content (AvgIpc) is 2.86. The molecule has 0 aliphatic heterocycles. The summed E-state index contributed by atoms with van der Waals surface area (Å²) in [5.41, 5.74) is 6.90. The predicted octanol–water partition coefficient (Wildman–Crippen LogP) is 3.25. The number of thioether (sulfide) groups is 1. The zero-order valence-corrected chi connectivity index (χ0v) is 12.4. The van der Waals surface area contributed by atoms with E-state index in [9.17, 15) is 0 Å². The Morgan fingerprint density at radius 1 is 1.44 bits per heavy atom. The third-order valence-corrected chi connectivity index (χ3v) is 3.84. The molecule has 0 bridgehead atoms. The molecule has 1 atom stereocenters. The van der Waals surface area contributed by atoms with Gasteiger partial charge in [-0.3, -0.25) is 0 Å². The number of nitrogens with zero attached hydrogens (tertiary/aromatic N) is 2. The van der Waals surface area contributed by atoms with Gasteiger partial charge < -0.3 is 10.3 Å². The van der Waals surface area contributed by atoms with Crippen molar-refractivity contribution < 1.29 is 4.52 Å². The Balaban J connectivity index is 2.18. The van der Waals surface area contributed by atoms with Gasteiger partial charge in [0.05, 0.1) is 6.04 Å². The summed E-state index contributed by atoms with van der Waals surface area (Å²) in [5, 5.41) is 3.97. The summed E-state index contributed by atoms with van der Waals surface area (Å²) < 4.78 is 6.16. The molecule has 2 aromatic rings. The van der Waals surface area contributed by atoms with Gasteiger partial charge in [0.2, 0.25) is 11.7 Å². The van der Waals surface area contributed by atoms with Crippen molar-refractivity contribution >= 4 is 27.7 Å². The van der Waals surface area contributed by atoms with E-state index in [1.165, 1.54) is 0 Å². The van der Waals surface area contributed by atoms with E-state index in [1.54, 1.807) is 11.8 Å². The van der Waals surface area contributed by atoms with Gasteiger partial charge in [-0.05, 0) is 30.6 Å². The summed E-state index contributed by atoms with van der Waals surface area (Å²) in [6.45, 7) is 0. The van der Waals surface area contributed by atoms with Crippen molar-refractivity contribution in [3.63, 3.8) is 0 Å². The number of aromatic nitrogens is 2. The number of benzene rings is 1. The second kappa shape index (κ2) is 6.36. The first kappa shape index (κ1) is 13.6. The van der Waals surface area contributed by atoms with Crippen LogP contribution in [0.3, 0.4) is 0 Å². The summed E-state index contributed by atoms with van der Waals surface area (Å²) >= 11 is 5.22. The van der Waals surface area contributed by atoms with E-state index in [4.69, 9.17) is 10.3 Å². The highest BCUT2D eigenvalue weighted by Crippen LogP contribution is 2.26. The standard InChI is InChI=1S/C12H14BrN3OS/c1-18-7-6-10(14)12-15-11(16-17-12)8-4-2-3-5-9(8)13/h2-5,10H,6-7,14H2,1H3. The Morgan fingerprint density at radius 2 is 2.22 bits per heavy atom. The van der Waals surface area contributed by atoms with Crippen LogP contribution in [0.5, 0.6) is 0 Å². The molecule has 0 amide bonds. The zero-order chi connectivity index (χ0) is 13.0. The van der Waals surface area contributed by atoms with Crippen molar-refractivity contribution in [2.75, 3.05) is 12.0 Å². The van der Waals surface area contributed by atoms with Gasteiger partial charge in [-0.1, -0.05) is 33.2 Å². The largest absolute Gasteiger partial charge is 0.337 e. The molecule has 96 valence electrons. The van der Waals surface area contributed by atoms with E-state index in [0.29, 0.717) is 11.7 Å². The van der Waals surface area contributed by atoms with Gasteiger partial charge in [-0.2, -0.15) is 16.7 Å². The first-order chi connectivity index (χ1) is 8.72. The van der Waals surface area contributed by atoms with E-state index >= 15 is 0 Å². The summed E-state index contributed by atoms with van der Waals surface area (Å²) in [7, 11) is 0. The minimum atomic E-state index is -0.193. The van der Waals surface area contributed by atoms with Crippen LogP contribution < -0.4 is 5.73 Å². The quantitative estimate of drug-likeness (QED) is 0.913. The highest BCUT2D eigenvalue weighted by Gasteiger charge is 2.16. The van der Waals surface area contributed by atoms with Crippen LogP contribution in [0.4, 0.5) is 0 Å². The molecule has 1 unspecified atom stereocenters. The molecule has 0 radical (unpaired) electrons. The molecular weight excluding hydrogens is 314 g/mol. The van der Waals surface area contributed by atoms with E-state index in [0.717, 1.165) is 22.2 Å². The van der Waals surface area contributed by atoms with Crippen LogP contribution in [0.25, 0.3) is 11.4 Å². The highest BCUT2D eigenvalue weighted by molar-refractivity contribution is 9.10. The Bertz CT molecular complexity index is 518. The second-order valence-corrected chi connectivity index (χ2v) is 5.66. The van der Waals surface area contributed by atoms with Gasteiger partial charge in [-0.15, -0.1) is 0 Å². The Morgan fingerprint density at radius 3 is 2.94 bits per heavy atom. The lowest BCUT2D eigenvalue weighted by molar-refractivity contribution is 0.353. The van der Waals surface area contributed by atoms with Crippen molar-refractivity contribution in [2.45, 2.75) is 12.5 Å². The maximum absolute atomic E-state index is 5.99. The van der Waals surface area contributed by atoms with E-state index < -0.39 is 0 Å². The molecule has 1 heterocycles. The van der Waals surface area contributed by atoms with Crippen molar-refractivity contribution in [2.24, 2.45) is 5.73 Å². The second-order valence-electron chi connectivity index (χ2n) is 3.82. The van der Waals surface area contributed by atoms with Crippen LogP contribution >= 0.6 is 27.7 Å². The van der Waals surface area contributed by atoms with E-state index in [2.05, 4.69) is 26.1 Å². The summed E-state index contributed by atoms with van der Waals surface area (Å²) in [4.78, 5) is 4.35. The SMILES string of the molecule is CSCCC(N)c1nc(-c2ccccc2Br)no1. The van der Waals surface area contributed by atoms with Gasteiger partial charge in [0.15, 0.2) is 0 Å². The predicted molar refractivity (Wildman–Crippen MR) is 77.4 cm³/mol. The lowest BCUT2D eigenvalue weighted by Crippen LogP contribution is -2.11. The minimum absolute atomic E-state index is 0.193. The fourth-order valence-electron chi connectivity index (χ4n) is 1.51. The number of rotatable bonds is 5. The smallest absolute Gasteiger partial charge is 0.243 e. The fraction of sp³-hybridized carbons (Fsp3) is 0.333. The molecule has 18 heavy (non-hydrogen) atoms. The molecule has 1 aromatic carbocycles. The third kappa shape index (κ3) is 3.13. The van der Waals surface area contributed by atoms with Crippen molar-refractivity contribution in [1.29, 1.82) is 0 Å². The van der Waals surface area contributed by atoms with Crippen LogP contribution in [-0.2, 0) is 0 Å². The molecule has 2 rings (SSSR count). The van der Waals surface area contributed by atoms with Crippen molar-refractivity contribution in [1.82, 2.24) is 10.1 Å². The maximum atomic E-state index is 5.99. The number of hydrogen-bond donors (Lipinski definition) is 1. The van der Waals surface area contributed by atoms with Gasteiger partial charge in [0.1, 0.15) is 0 Å². The molecule has 0 spiro atoms. The Hall–Kier alpha value is -0.850. The third-order valence-electron chi connectivity index (χ3n) is 2.51. The maximum Gasteiger partial charge on any atom is 0.243 e. The molecule has 2 N–H and O–H groups in total. The van der Waals surface area contributed by atoms with Crippen LogP contribution in [0.15, 0.2) is 33.3 Å².